The minimum atomic E-state index is -1.40. The van der Waals surface area contributed by atoms with Crippen LogP contribution in [0.3, 0.4) is 0 Å². The van der Waals surface area contributed by atoms with Crippen LogP contribution in [0.4, 0.5) is 0 Å². The lowest BCUT2D eigenvalue weighted by molar-refractivity contribution is 0.00578. The molecular formula is C12H16B2O4S2. The Hall–Kier alpha value is -0.370. The van der Waals surface area contributed by atoms with Gasteiger partial charge < -0.3 is 19.4 Å². The van der Waals surface area contributed by atoms with Crippen LogP contribution in [0.15, 0.2) is 12.1 Å². The van der Waals surface area contributed by atoms with Gasteiger partial charge in [-0.3, -0.25) is 0 Å². The van der Waals surface area contributed by atoms with E-state index in [1.807, 2.05) is 39.8 Å². The molecule has 0 atom stereocenters. The number of thiophene rings is 2. The van der Waals surface area contributed by atoms with Crippen LogP contribution in [0.1, 0.15) is 27.7 Å². The van der Waals surface area contributed by atoms with Crippen molar-refractivity contribution in [3.8, 4) is 0 Å². The summed E-state index contributed by atoms with van der Waals surface area (Å²) in [5.41, 5.74) is -0.691. The monoisotopic (exact) mass is 310 g/mol. The highest BCUT2D eigenvalue weighted by Crippen LogP contribution is 2.37. The first-order valence-corrected chi connectivity index (χ1v) is 8.08. The summed E-state index contributed by atoms with van der Waals surface area (Å²) in [6.45, 7) is 8.12. The molecule has 1 fully saturated rings. The molecule has 2 N–H and O–H groups in total. The molecular weight excluding hydrogens is 294 g/mol. The molecule has 0 radical (unpaired) electrons. The van der Waals surface area contributed by atoms with Crippen molar-refractivity contribution in [3.05, 3.63) is 12.1 Å². The third kappa shape index (κ3) is 2.24. The minimum absolute atomic E-state index is 0.346. The molecule has 3 rings (SSSR count). The summed E-state index contributed by atoms with van der Waals surface area (Å²) in [5.74, 6) is 0. The molecule has 106 valence electrons. The molecule has 0 unspecified atom stereocenters. The van der Waals surface area contributed by atoms with Gasteiger partial charge in [-0.1, -0.05) is 0 Å². The SMILES string of the molecule is CC1(C)OB(c2cc3sc(B(O)O)cc3s2)OC1(C)C. The van der Waals surface area contributed by atoms with Gasteiger partial charge in [0.1, 0.15) is 0 Å². The molecule has 0 saturated carbocycles. The molecule has 1 aliphatic rings. The van der Waals surface area contributed by atoms with Gasteiger partial charge in [0.2, 0.25) is 0 Å². The van der Waals surface area contributed by atoms with Gasteiger partial charge in [0.05, 0.1) is 11.2 Å². The lowest BCUT2D eigenvalue weighted by Crippen LogP contribution is -2.41. The largest absolute Gasteiger partial charge is 0.505 e. The second-order valence-corrected chi connectivity index (χ2v) is 8.22. The molecule has 0 amide bonds. The number of rotatable bonds is 2. The molecule has 0 aliphatic carbocycles. The smallest absolute Gasteiger partial charge is 0.423 e. The first-order valence-electron chi connectivity index (χ1n) is 6.44. The van der Waals surface area contributed by atoms with Gasteiger partial charge in [-0.15, -0.1) is 22.7 Å². The van der Waals surface area contributed by atoms with Crippen LogP contribution >= 0.6 is 22.7 Å². The van der Waals surface area contributed by atoms with Gasteiger partial charge in [0.25, 0.3) is 0 Å². The standard InChI is InChI=1S/C12H16B2O4S2/c1-11(2)12(3,4)18-14(17-11)10-6-8-7(20-10)5-9(19-8)13(15)16/h5-6,15-16H,1-4H3. The van der Waals surface area contributed by atoms with E-state index in [1.165, 1.54) is 11.3 Å². The lowest BCUT2D eigenvalue weighted by atomic mass is 9.88. The van der Waals surface area contributed by atoms with E-state index in [4.69, 9.17) is 9.31 Å². The van der Waals surface area contributed by atoms with Crippen molar-refractivity contribution in [2.75, 3.05) is 0 Å². The third-order valence-corrected chi connectivity index (χ3v) is 6.34. The van der Waals surface area contributed by atoms with Gasteiger partial charge >= 0.3 is 14.2 Å². The van der Waals surface area contributed by atoms with Crippen LogP contribution in [0.2, 0.25) is 0 Å². The quantitative estimate of drug-likeness (QED) is 0.811. The normalized spacial score (nSPS) is 20.8. The predicted octanol–water partition coefficient (Wildman–Crippen LogP) is 0.942. The van der Waals surface area contributed by atoms with E-state index in [1.54, 1.807) is 11.3 Å². The first-order chi connectivity index (χ1) is 9.19. The fourth-order valence-corrected chi connectivity index (χ4v) is 4.32. The van der Waals surface area contributed by atoms with Crippen LogP contribution in [0.5, 0.6) is 0 Å². The van der Waals surface area contributed by atoms with Crippen LogP contribution < -0.4 is 9.55 Å². The Bertz CT molecular complexity index is 599. The average Bonchev–Trinajstić information content (AvgIpc) is 2.88. The number of hydrogen-bond donors (Lipinski definition) is 2. The van der Waals surface area contributed by atoms with Crippen molar-refractivity contribution >= 4 is 55.9 Å². The zero-order valence-corrected chi connectivity index (χ0v) is 13.5. The molecule has 1 saturated heterocycles. The van der Waals surface area contributed by atoms with E-state index >= 15 is 0 Å². The van der Waals surface area contributed by atoms with Crippen LogP contribution in [0, 0.1) is 0 Å². The summed E-state index contributed by atoms with van der Waals surface area (Å²) in [6.07, 6.45) is 0. The second-order valence-electron chi connectivity index (χ2n) is 5.99. The van der Waals surface area contributed by atoms with Crippen molar-refractivity contribution in [1.82, 2.24) is 0 Å². The molecule has 4 nitrogen and oxygen atoms in total. The van der Waals surface area contributed by atoms with E-state index in [0.29, 0.717) is 4.78 Å². The Labute approximate surface area is 126 Å². The fourth-order valence-electron chi connectivity index (χ4n) is 2.08. The second kappa shape index (κ2) is 4.56. The summed E-state index contributed by atoms with van der Waals surface area (Å²) in [7, 11) is -1.76. The highest BCUT2D eigenvalue weighted by atomic mass is 32.1. The van der Waals surface area contributed by atoms with E-state index in [-0.39, 0.29) is 18.3 Å². The Kier molecular flexibility index (Phi) is 3.32. The van der Waals surface area contributed by atoms with Crippen LogP contribution in [0.25, 0.3) is 9.40 Å². The lowest BCUT2D eigenvalue weighted by Gasteiger charge is -2.32. The molecule has 2 aromatic heterocycles. The van der Waals surface area contributed by atoms with Crippen molar-refractivity contribution in [3.63, 3.8) is 0 Å². The maximum atomic E-state index is 9.18. The summed E-state index contributed by atoms with van der Waals surface area (Å²) < 4.78 is 15.7. The fraction of sp³-hybridized carbons (Fsp3) is 0.500. The molecule has 3 heterocycles. The van der Waals surface area contributed by atoms with Crippen molar-refractivity contribution in [2.45, 2.75) is 38.9 Å². The highest BCUT2D eigenvalue weighted by Gasteiger charge is 2.52. The van der Waals surface area contributed by atoms with Crippen molar-refractivity contribution < 1.29 is 19.4 Å². The zero-order valence-electron chi connectivity index (χ0n) is 11.8. The first kappa shape index (κ1) is 14.6. The van der Waals surface area contributed by atoms with Crippen molar-refractivity contribution in [1.29, 1.82) is 0 Å². The zero-order chi connectivity index (χ0) is 14.7. The maximum absolute atomic E-state index is 9.18. The Balaban J connectivity index is 1.91. The van der Waals surface area contributed by atoms with E-state index in [9.17, 15) is 10.0 Å². The van der Waals surface area contributed by atoms with Crippen molar-refractivity contribution in [2.24, 2.45) is 0 Å². The number of fused-ring (bicyclic) bond motifs is 1. The Morgan fingerprint density at radius 3 is 2.05 bits per heavy atom. The Morgan fingerprint density at radius 1 is 1.00 bits per heavy atom. The molecule has 0 bridgehead atoms. The topological polar surface area (TPSA) is 58.9 Å². The van der Waals surface area contributed by atoms with Gasteiger partial charge in [-0.2, -0.15) is 0 Å². The molecule has 2 aromatic rings. The van der Waals surface area contributed by atoms with Gasteiger partial charge in [-0.25, -0.2) is 0 Å². The molecule has 1 aliphatic heterocycles. The Morgan fingerprint density at radius 2 is 1.55 bits per heavy atom. The average molecular weight is 310 g/mol. The molecule has 0 spiro atoms. The predicted molar refractivity (Wildman–Crippen MR) is 85.2 cm³/mol. The molecule has 0 aromatic carbocycles. The summed E-state index contributed by atoms with van der Waals surface area (Å²) in [5, 5.41) is 18.4. The minimum Gasteiger partial charge on any atom is -0.423 e. The third-order valence-electron chi connectivity index (χ3n) is 3.99. The summed E-state index contributed by atoms with van der Waals surface area (Å²) in [6, 6.07) is 3.82. The molecule has 8 heteroatoms. The molecule has 20 heavy (non-hydrogen) atoms. The summed E-state index contributed by atoms with van der Waals surface area (Å²) >= 11 is 2.96. The van der Waals surface area contributed by atoms with E-state index in [2.05, 4.69) is 0 Å². The van der Waals surface area contributed by atoms with Crippen LogP contribution in [-0.4, -0.2) is 35.5 Å². The maximum Gasteiger partial charge on any atom is 0.505 e. The van der Waals surface area contributed by atoms with Gasteiger partial charge in [0.15, 0.2) is 0 Å². The van der Waals surface area contributed by atoms with E-state index < -0.39 is 7.12 Å². The van der Waals surface area contributed by atoms with Gasteiger partial charge in [0, 0.05) is 19.0 Å². The highest BCUT2D eigenvalue weighted by molar-refractivity contribution is 7.36. The number of hydrogen-bond acceptors (Lipinski definition) is 6. The van der Waals surface area contributed by atoms with Gasteiger partial charge in [-0.05, 0) is 39.8 Å². The van der Waals surface area contributed by atoms with Crippen LogP contribution in [-0.2, 0) is 9.31 Å². The summed E-state index contributed by atoms with van der Waals surface area (Å²) in [4.78, 5) is 0. The van der Waals surface area contributed by atoms with E-state index in [0.717, 1.165) is 14.2 Å².